The van der Waals surface area contributed by atoms with Crippen LogP contribution in [0.4, 0.5) is 0 Å². The van der Waals surface area contributed by atoms with E-state index in [4.69, 9.17) is 0 Å². The third-order valence-corrected chi connectivity index (χ3v) is 2.98. The number of rotatable bonds is 1. The topological polar surface area (TPSA) is 15.3 Å². The van der Waals surface area contributed by atoms with Gasteiger partial charge in [0.25, 0.3) is 0 Å². The molecule has 0 amide bonds. The Bertz CT molecular complexity index is 113. The summed E-state index contributed by atoms with van der Waals surface area (Å²) in [5, 5.41) is 3.55. The van der Waals surface area contributed by atoms with Gasteiger partial charge in [-0.25, -0.2) is 0 Å². The van der Waals surface area contributed by atoms with Crippen LogP contribution in [0.5, 0.6) is 0 Å². The molecule has 2 rings (SSSR count). The highest BCUT2D eigenvalue weighted by molar-refractivity contribution is 5.01. The summed E-state index contributed by atoms with van der Waals surface area (Å²) < 4.78 is 0. The monoisotopic (exact) mass is 140 g/mol. The summed E-state index contributed by atoms with van der Waals surface area (Å²) in [6.45, 7) is 1.26. The van der Waals surface area contributed by atoms with Gasteiger partial charge in [0.05, 0.1) is 0 Å². The van der Waals surface area contributed by atoms with E-state index in [9.17, 15) is 0 Å². The molecule has 1 heterocycles. The highest BCUT2D eigenvalue weighted by Crippen LogP contribution is 2.33. The number of nitrogens with one attached hydrogen (secondary N) is 1. The first kappa shape index (κ1) is 6.62. The Morgan fingerprint density at radius 1 is 1.30 bits per heavy atom. The lowest BCUT2D eigenvalue weighted by molar-refractivity contribution is 0.261. The number of fused-ring (bicyclic) bond motifs is 2. The molecule has 10 heavy (non-hydrogen) atoms. The summed E-state index contributed by atoms with van der Waals surface area (Å²) in [7, 11) is 4.39. The molecule has 0 aromatic carbocycles. The fraction of sp³-hybridized carbons (Fsp3) is 1.00. The Labute approximate surface area is 62.6 Å². The maximum atomic E-state index is 3.55. The Balaban J connectivity index is 2.09. The first-order valence-electron chi connectivity index (χ1n) is 4.19. The Morgan fingerprint density at radius 2 is 2.10 bits per heavy atom. The molecule has 3 atom stereocenters. The molecular formula is C8H16N2. The van der Waals surface area contributed by atoms with Gasteiger partial charge in [0.2, 0.25) is 0 Å². The molecule has 2 bridgehead atoms. The lowest BCUT2D eigenvalue weighted by Crippen LogP contribution is -2.37. The van der Waals surface area contributed by atoms with E-state index in [0.29, 0.717) is 0 Å². The van der Waals surface area contributed by atoms with Gasteiger partial charge < -0.3 is 10.2 Å². The van der Waals surface area contributed by atoms with Crippen molar-refractivity contribution in [3.8, 4) is 0 Å². The zero-order valence-corrected chi connectivity index (χ0v) is 6.80. The first-order valence-corrected chi connectivity index (χ1v) is 4.19. The van der Waals surface area contributed by atoms with Crippen molar-refractivity contribution in [1.29, 1.82) is 0 Å². The number of nitrogens with zero attached hydrogens (tertiary/aromatic N) is 1. The molecule has 58 valence electrons. The fourth-order valence-corrected chi connectivity index (χ4v) is 2.59. The smallest absolute Gasteiger partial charge is 0.0283 e. The second kappa shape index (κ2) is 2.21. The van der Waals surface area contributed by atoms with E-state index in [1.54, 1.807) is 0 Å². The zero-order chi connectivity index (χ0) is 7.14. The second-order valence-electron chi connectivity index (χ2n) is 3.81. The van der Waals surface area contributed by atoms with E-state index >= 15 is 0 Å². The van der Waals surface area contributed by atoms with E-state index in [1.807, 2.05) is 0 Å². The average Bonchev–Trinajstić information content (AvgIpc) is 2.43. The predicted octanol–water partition coefficient (Wildman–Crippen LogP) is 0.298. The van der Waals surface area contributed by atoms with Crippen LogP contribution >= 0.6 is 0 Å². The lowest BCUT2D eigenvalue weighted by Gasteiger charge is -2.22. The highest BCUT2D eigenvalue weighted by atomic mass is 15.2. The molecule has 0 spiro atoms. The van der Waals surface area contributed by atoms with Crippen molar-refractivity contribution in [2.45, 2.75) is 24.9 Å². The van der Waals surface area contributed by atoms with Crippen molar-refractivity contribution in [3.63, 3.8) is 0 Å². The second-order valence-corrected chi connectivity index (χ2v) is 3.81. The van der Waals surface area contributed by atoms with Crippen LogP contribution in [0.25, 0.3) is 0 Å². The SMILES string of the molecule is CN(C)[C@H]1[C@H]2CC[C@H]1NC2. The average molecular weight is 140 g/mol. The van der Waals surface area contributed by atoms with Crippen molar-refractivity contribution in [3.05, 3.63) is 0 Å². The van der Waals surface area contributed by atoms with Gasteiger partial charge in [-0.3, -0.25) is 0 Å². The van der Waals surface area contributed by atoms with Crippen molar-refractivity contribution < 1.29 is 0 Å². The standard InChI is InChI=1S/C8H16N2/c1-10(2)8-6-3-4-7(8)9-5-6/h6-9H,3-5H2,1-2H3/t6-,7+,8-/m0/s1. The summed E-state index contributed by atoms with van der Waals surface area (Å²) >= 11 is 0. The van der Waals surface area contributed by atoms with Crippen molar-refractivity contribution >= 4 is 0 Å². The Hall–Kier alpha value is -0.0800. The van der Waals surface area contributed by atoms with Crippen LogP contribution in [0.2, 0.25) is 0 Å². The molecule has 0 aromatic rings. The first-order chi connectivity index (χ1) is 4.79. The van der Waals surface area contributed by atoms with E-state index in [2.05, 4.69) is 24.3 Å². The van der Waals surface area contributed by atoms with Crippen LogP contribution < -0.4 is 5.32 Å². The summed E-state index contributed by atoms with van der Waals surface area (Å²) in [6, 6.07) is 1.64. The minimum atomic E-state index is 0.806. The summed E-state index contributed by atoms with van der Waals surface area (Å²) in [6.07, 6.45) is 2.84. The van der Waals surface area contributed by atoms with Gasteiger partial charge in [-0.15, -0.1) is 0 Å². The Kier molecular flexibility index (Phi) is 1.46. The van der Waals surface area contributed by atoms with Crippen LogP contribution in [0.1, 0.15) is 12.8 Å². The minimum absolute atomic E-state index is 0.806. The molecule has 2 heteroatoms. The van der Waals surface area contributed by atoms with E-state index in [-0.39, 0.29) is 0 Å². The molecule has 0 unspecified atom stereocenters. The Morgan fingerprint density at radius 3 is 2.30 bits per heavy atom. The van der Waals surface area contributed by atoms with Gasteiger partial charge in [-0.05, 0) is 39.4 Å². The fourth-order valence-electron chi connectivity index (χ4n) is 2.59. The van der Waals surface area contributed by atoms with E-state index in [1.165, 1.54) is 19.4 Å². The van der Waals surface area contributed by atoms with Crippen LogP contribution in [-0.2, 0) is 0 Å². The van der Waals surface area contributed by atoms with Crippen molar-refractivity contribution in [2.24, 2.45) is 5.92 Å². The van der Waals surface area contributed by atoms with Crippen LogP contribution in [0.15, 0.2) is 0 Å². The molecule has 2 fully saturated rings. The number of piperidine rings is 1. The van der Waals surface area contributed by atoms with E-state index in [0.717, 1.165) is 18.0 Å². The molecule has 2 aliphatic rings. The summed E-state index contributed by atoms with van der Waals surface area (Å²) in [5.41, 5.74) is 0. The molecule has 1 aliphatic heterocycles. The maximum absolute atomic E-state index is 3.55. The number of hydrogen-bond donors (Lipinski definition) is 1. The molecule has 0 aromatic heterocycles. The van der Waals surface area contributed by atoms with Gasteiger partial charge in [0.1, 0.15) is 0 Å². The quantitative estimate of drug-likeness (QED) is 0.563. The van der Waals surface area contributed by atoms with Crippen LogP contribution in [-0.4, -0.2) is 37.6 Å². The van der Waals surface area contributed by atoms with Gasteiger partial charge in [0.15, 0.2) is 0 Å². The molecule has 1 saturated heterocycles. The van der Waals surface area contributed by atoms with Crippen molar-refractivity contribution in [2.75, 3.05) is 20.6 Å². The van der Waals surface area contributed by atoms with Gasteiger partial charge in [-0.1, -0.05) is 0 Å². The molecule has 2 nitrogen and oxygen atoms in total. The highest BCUT2D eigenvalue weighted by Gasteiger charge is 2.42. The number of hydrogen-bond acceptors (Lipinski definition) is 2. The van der Waals surface area contributed by atoms with Gasteiger partial charge >= 0.3 is 0 Å². The zero-order valence-electron chi connectivity index (χ0n) is 6.80. The summed E-state index contributed by atoms with van der Waals surface area (Å²) in [4.78, 5) is 2.38. The molecule has 1 saturated carbocycles. The van der Waals surface area contributed by atoms with Crippen LogP contribution in [0.3, 0.4) is 0 Å². The third-order valence-electron chi connectivity index (χ3n) is 2.98. The lowest BCUT2D eigenvalue weighted by atomic mass is 10.1. The molecule has 1 aliphatic carbocycles. The largest absolute Gasteiger partial charge is 0.312 e. The van der Waals surface area contributed by atoms with E-state index < -0.39 is 0 Å². The molecule has 1 N–H and O–H groups in total. The van der Waals surface area contributed by atoms with Gasteiger partial charge in [0, 0.05) is 12.1 Å². The summed E-state index contributed by atoms with van der Waals surface area (Å²) in [5.74, 6) is 0.944. The normalized spacial score (nSPS) is 45.3. The predicted molar refractivity (Wildman–Crippen MR) is 42.0 cm³/mol. The third kappa shape index (κ3) is 0.789. The molecular weight excluding hydrogens is 124 g/mol. The van der Waals surface area contributed by atoms with Crippen molar-refractivity contribution in [1.82, 2.24) is 10.2 Å². The maximum Gasteiger partial charge on any atom is 0.0283 e. The molecule has 0 radical (unpaired) electrons. The van der Waals surface area contributed by atoms with Crippen LogP contribution in [0, 0.1) is 5.92 Å². The minimum Gasteiger partial charge on any atom is -0.312 e. The number of likely N-dealkylation sites (N-methyl/N-ethyl adjacent to an activating group) is 1. The van der Waals surface area contributed by atoms with Gasteiger partial charge in [-0.2, -0.15) is 0 Å².